The molecular formula is C22H27N3O5. The lowest BCUT2D eigenvalue weighted by Gasteiger charge is -2.28. The number of hydrogen-bond donors (Lipinski definition) is 1. The van der Waals surface area contributed by atoms with E-state index in [-0.39, 0.29) is 31.1 Å². The number of ether oxygens (including phenoxy) is 2. The van der Waals surface area contributed by atoms with Gasteiger partial charge in [-0.05, 0) is 37.4 Å². The van der Waals surface area contributed by atoms with Crippen LogP contribution in [0.4, 0.5) is 5.69 Å². The number of nitrogens with zero attached hydrogens (tertiary/aromatic N) is 2. The second-order valence-corrected chi connectivity index (χ2v) is 7.44. The summed E-state index contributed by atoms with van der Waals surface area (Å²) in [5.74, 6) is 1.53. The van der Waals surface area contributed by atoms with Gasteiger partial charge < -0.3 is 24.1 Å². The lowest BCUT2D eigenvalue weighted by molar-refractivity contribution is -0.126. The number of anilines is 1. The number of rotatable bonds is 8. The molecule has 160 valence electrons. The molecule has 30 heavy (non-hydrogen) atoms. The van der Waals surface area contributed by atoms with Crippen LogP contribution >= 0.6 is 0 Å². The first-order valence-electron chi connectivity index (χ1n) is 10.4. The summed E-state index contributed by atoms with van der Waals surface area (Å²) in [6, 6.07) is 9.13. The second-order valence-electron chi connectivity index (χ2n) is 7.44. The molecule has 2 unspecified atom stereocenters. The molecule has 1 saturated heterocycles. The molecule has 2 aromatic rings. The average molecular weight is 413 g/mol. The lowest BCUT2D eigenvalue weighted by atomic mass is 10.1. The third-order valence-electron chi connectivity index (χ3n) is 5.76. The predicted molar refractivity (Wildman–Crippen MR) is 110 cm³/mol. The van der Waals surface area contributed by atoms with Crippen molar-refractivity contribution < 1.29 is 23.5 Å². The van der Waals surface area contributed by atoms with Crippen molar-refractivity contribution in [1.29, 1.82) is 0 Å². The molecule has 4 rings (SSSR count). The Bertz CT molecular complexity index is 894. The normalized spacial score (nSPS) is 18.8. The molecule has 0 aliphatic carbocycles. The van der Waals surface area contributed by atoms with Gasteiger partial charge >= 0.3 is 0 Å². The molecule has 2 aliphatic heterocycles. The van der Waals surface area contributed by atoms with Crippen LogP contribution in [0.3, 0.4) is 0 Å². The molecule has 2 amide bonds. The Labute approximate surface area is 175 Å². The van der Waals surface area contributed by atoms with E-state index in [2.05, 4.69) is 24.1 Å². The number of furan rings is 1. The summed E-state index contributed by atoms with van der Waals surface area (Å²) in [5, 5.41) is 3.03. The molecule has 0 radical (unpaired) electrons. The highest BCUT2D eigenvalue weighted by Gasteiger charge is 2.36. The molecule has 1 N–H and O–H groups in total. The minimum Gasteiger partial charge on any atom is -0.468 e. The zero-order valence-electron chi connectivity index (χ0n) is 17.3. The van der Waals surface area contributed by atoms with E-state index in [9.17, 15) is 9.59 Å². The van der Waals surface area contributed by atoms with Gasteiger partial charge in [0.05, 0.1) is 18.2 Å². The molecule has 0 saturated carbocycles. The van der Waals surface area contributed by atoms with Crippen molar-refractivity contribution in [1.82, 2.24) is 10.2 Å². The van der Waals surface area contributed by atoms with Crippen molar-refractivity contribution in [2.24, 2.45) is 5.92 Å². The van der Waals surface area contributed by atoms with Gasteiger partial charge in [-0.2, -0.15) is 0 Å². The van der Waals surface area contributed by atoms with Gasteiger partial charge in [0.25, 0.3) is 0 Å². The number of nitrogens with one attached hydrogen (secondary N) is 1. The molecule has 2 aliphatic rings. The van der Waals surface area contributed by atoms with E-state index >= 15 is 0 Å². The highest BCUT2D eigenvalue weighted by atomic mass is 16.7. The first-order valence-corrected chi connectivity index (χ1v) is 10.4. The Morgan fingerprint density at radius 1 is 1.23 bits per heavy atom. The van der Waals surface area contributed by atoms with Crippen molar-refractivity contribution in [2.75, 3.05) is 37.9 Å². The van der Waals surface area contributed by atoms with Crippen molar-refractivity contribution in [2.45, 2.75) is 26.3 Å². The molecule has 1 aromatic heterocycles. The molecule has 1 fully saturated rings. The summed E-state index contributed by atoms with van der Waals surface area (Å²) in [7, 11) is 0. The van der Waals surface area contributed by atoms with E-state index in [4.69, 9.17) is 13.9 Å². The number of amides is 2. The standard InChI is InChI=1S/C22H27N3O5/c1-3-24(4-2)17(18-6-5-9-28-18)12-23-22(27)15-10-21(26)25(13-15)16-7-8-19-20(11-16)30-14-29-19/h5-9,11,15,17H,3-4,10,12-14H2,1-2H3,(H,23,27). The minimum atomic E-state index is -0.392. The zero-order valence-corrected chi connectivity index (χ0v) is 17.3. The number of carbonyl (C=O) groups excluding carboxylic acids is 2. The molecule has 3 heterocycles. The van der Waals surface area contributed by atoms with Crippen LogP contribution in [-0.2, 0) is 9.59 Å². The first kappa shape index (κ1) is 20.3. The molecule has 8 heteroatoms. The summed E-state index contributed by atoms with van der Waals surface area (Å²) >= 11 is 0. The van der Waals surface area contributed by atoms with Crippen LogP contribution in [0.1, 0.15) is 32.1 Å². The van der Waals surface area contributed by atoms with Crippen LogP contribution in [0, 0.1) is 5.92 Å². The van der Waals surface area contributed by atoms with E-state index in [0.717, 1.165) is 24.5 Å². The van der Waals surface area contributed by atoms with Crippen LogP contribution in [0.5, 0.6) is 11.5 Å². The number of benzene rings is 1. The summed E-state index contributed by atoms with van der Waals surface area (Å²) in [6.45, 7) is 6.82. The monoisotopic (exact) mass is 413 g/mol. The van der Waals surface area contributed by atoms with Gasteiger partial charge in [0.1, 0.15) is 5.76 Å². The second kappa shape index (κ2) is 8.79. The molecule has 8 nitrogen and oxygen atoms in total. The van der Waals surface area contributed by atoms with Crippen LogP contribution < -0.4 is 19.7 Å². The molecular weight excluding hydrogens is 386 g/mol. The van der Waals surface area contributed by atoms with Crippen molar-refractivity contribution >= 4 is 17.5 Å². The average Bonchev–Trinajstić information content (AvgIpc) is 3.50. The maximum absolute atomic E-state index is 12.8. The van der Waals surface area contributed by atoms with Gasteiger partial charge in [0.15, 0.2) is 11.5 Å². The zero-order chi connectivity index (χ0) is 21.1. The van der Waals surface area contributed by atoms with Crippen LogP contribution in [0.15, 0.2) is 41.0 Å². The van der Waals surface area contributed by atoms with E-state index in [0.29, 0.717) is 24.6 Å². The summed E-state index contributed by atoms with van der Waals surface area (Å²) in [5.41, 5.74) is 0.719. The Hall–Kier alpha value is -3.00. The van der Waals surface area contributed by atoms with Gasteiger partial charge in [0, 0.05) is 31.3 Å². The van der Waals surface area contributed by atoms with E-state index < -0.39 is 5.92 Å². The van der Waals surface area contributed by atoms with Gasteiger partial charge in [-0.1, -0.05) is 13.8 Å². The Kier molecular flexibility index (Phi) is 5.94. The van der Waals surface area contributed by atoms with Gasteiger partial charge in [-0.25, -0.2) is 0 Å². The number of hydrogen-bond acceptors (Lipinski definition) is 6. The van der Waals surface area contributed by atoms with E-state index in [1.165, 1.54) is 0 Å². The van der Waals surface area contributed by atoms with Crippen LogP contribution in [0.2, 0.25) is 0 Å². The third kappa shape index (κ3) is 4.00. The Balaban J connectivity index is 1.39. The highest BCUT2D eigenvalue weighted by Crippen LogP contribution is 2.37. The number of fused-ring (bicyclic) bond motifs is 1. The maximum Gasteiger partial charge on any atom is 0.231 e. The van der Waals surface area contributed by atoms with Gasteiger partial charge in [-0.3, -0.25) is 14.5 Å². The Morgan fingerprint density at radius 2 is 2.03 bits per heavy atom. The number of likely N-dealkylation sites (N-methyl/N-ethyl adjacent to an activating group) is 1. The summed E-state index contributed by atoms with van der Waals surface area (Å²) < 4.78 is 16.3. The van der Waals surface area contributed by atoms with Crippen molar-refractivity contribution in [3.8, 4) is 11.5 Å². The third-order valence-corrected chi connectivity index (χ3v) is 5.76. The van der Waals surface area contributed by atoms with Crippen LogP contribution in [-0.4, -0.2) is 49.7 Å². The maximum atomic E-state index is 12.8. The quantitative estimate of drug-likeness (QED) is 0.716. The summed E-state index contributed by atoms with van der Waals surface area (Å²) in [4.78, 5) is 29.3. The topological polar surface area (TPSA) is 84.3 Å². The van der Waals surface area contributed by atoms with Crippen molar-refractivity contribution in [3.05, 3.63) is 42.4 Å². The minimum absolute atomic E-state index is 0.0407. The lowest BCUT2D eigenvalue weighted by Crippen LogP contribution is -2.40. The highest BCUT2D eigenvalue weighted by molar-refractivity contribution is 6.00. The molecule has 1 aromatic carbocycles. The molecule has 0 spiro atoms. The van der Waals surface area contributed by atoms with E-state index in [1.807, 2.05) is 18.2 Å². The van der Waals surface area contributed by atoms with Crippen molar-refractivity contribution in [3.63, 3.8) is 0 Å². The molecule has 2 atom stereocenters. The predicted octanol–water partition coefficient (Wildman–Crippen LogP) is 2.56. The van der Waals surface area contributed by atoms with Crippen LogP contribution in [0.25, 0.3) is 0 Å². The fourth-order valence-corrected chi connectivity index (χ4v) is 4.08. The smallest absolute Gasteiger partial charge is 0.231 e. The fourth-order valence-electron chi connectivity index (χ4n) is 4.08. The molecule has 0 bridgehead atoms. The summed E-state index contributed by atoms with van der Waals surface area (Å²) in [6.07, 6.45) is 1.84. The number of carbonyl (C=O) groups is 2. The largest absolute Gasteiger partial charge is 0.468 e. The van der Waals surface area contributed by atoms with E-state index in [1.54, 1.807) is 23.3 Å². The fraction of sp³-hybridized carbons (Fsp3) is 0.455. The first-order chi connectivity index (χ1) is 14.6. The SMILES string of the molecule is CCN(CC)C(CNC(=O)C1CC(=O)N(c2ccc3c(c2)OCO3)C1)c1ccco1. The Morgan fingerprint density at radius 3 is 2.77 bits per heavy atom. The van der Waals surface area contributed by atoms with Gasteiger partial charge in [-0.15, -0.1) is 0 Å². The van der Waals surface area contributed by atoms with Gasteiger partial charge in [0.2, 0.25) is 18.6 Å².